The lowest BCUT2D eigenvalue weighted by atomic mass is 9.85. The lowest BCUT2D eigenvalue weighted by Gasteiger charge is -2.30. The number of imide groups is 1. The predicted molar refractivity (Wildman–Crippen MR) is 140 cm³/mol. The Morgan fingerprint density at radius 3 is 2.18 bits per heavy atom. The highest BCUT2D eigenvalue weighted by Crippen LogP contribution is 2.36. The highest BCUT2D eigenvalue weighted by Gasteiger charge is 2.51. The number of carbonyl (C=O) groups is 5. The number of halogens is 1. The molecule has 2 atom stereocenters. The van der Waals surface area contributed by atoms with Gasteiger partial charge >= 0.3 is 5.97 Å². The zero-order valence-electron chi connectivity index (χ0n) is 19.9. The maximum atomic E-state index is 13.6. The van der Waals surface area contributed by atoms with Gasteiger partial charge < -0.3 is 4.74 Å². The van der Waals surface area contributed by atoms with Crippen molar-refractivity contribution in [3.63, 3.8) is 0 Å². The summed E-state index contributed by atoms with van der Waals surface area (Å²) in [4.78, 5) is 66.0. The molecule has 2 aromatic carbocycles. The second-order valence-corrected chi connectivity index (χ2v) is 10.2. The Kier molecular flexibility index (Phi) is 7.22. The third-order valence-electron chi connectivity index (χ3n) is 6.47. The number of rotatable bonds is 7. The van der Waals surface area contributed by atoms with Crippen LogP contribution in [0.1, 0.15) is 43.2 Å². The van der Waals surface area contributed by atoms with Crippen LogP contribution < -0.4 is 4.74 Å². The summed E-state index contributed by atoms with van der Waals surface area (Å²) in [5, 5.41) is 3.58. The molecule has 1 aromatic heterocycles. The predicted octanol–water partition coefficient (Wildman–Crippen LogP) is 4.81. The second-order valence-electron chi connectivity index (χ2n) is 8.80. The number of amides is 3. The Balaban J connectivity index is 1.39. The first-order valence-electron chi connectivity index (χ1n) is 11.8. The molecule has 0 saturated carbocycles. The molecule has 1 aliphatic heterocycles. The fourth-order valence-corrected chi connectivity index (χ4v) is 5.33. The summed E-state index contributed by atoms with van der Waals surface area (Å²) in [7, 11) is 0. The molecule has 1 aliphatic carbocycles. The van der Waals surface area contributed by atoms with Crippen molar-refractivity contribution in [3.05, 3.63) is 99.2 Å². The van der Waals surface area contributed by atoms with Crippen LogP contribution in [-0.2, 0) is 9.59 Å². The van der Waals surface area contributed by atoms with Crippen molar-refractivity contribution in [3.8, 4) is 5.75 Å². The number of hydrogen-bond acceptors (Lipinski definition) is 7. The number of ketones is 1. The zero-order valence-corrected chi connectivity index (χ0v) is 21.5. The van der Waals surface area contributed by atoms with Gasteiger partial charge in [0, 0.05) is 5.56 Å². The van der Waals surface area contributed by atoms with Gasteiger partial charge in [-0.2, -0.15) is 5.01 Å². The molecule has 0 spiro atoms. The Labute approximate surface area is 227 Å². The van der Waals surface area contributed by atoms with Crippen molar-refractivity contribution < 1.29 is 28.7 Å². The van der Waals surface area contributed by atoms with Crippen LogP contribution >= 0.6 is 22.9 Å². The number of carbonyl (C=O) groups excluding carboxylic acids is 5. The average molecular weight is 549 g/mol. The topological polar surface area (TPSA) is 101 Å². The molecule has 1 fully saturated rings. The standard InChI is InChI=1S/C28H21ClN2O6S/c29-22-9-4-3-8-21(22)25(33)30(31-26(34)19-6-1-2-7-20(19)27(31)35)16-23(32)17-11-13-18(14-12-17)37-28(36)24-10-5-15-38-24/h1-5,8-15,19-20H,6-7,16H2/t19-,20-/m1/s1. The first-order chi connectivity index (χ1) is 18.3. The molecule has 0 N–H and O–H groups in total. The van der Waals surface area contributed by atoms with Crippen LogP contribution in [0.25, 0.3) is 0 Å². The molecule has 2 aliphatic rings. The number of hydrazine groups is 1. The maximum absolute atomic E-state index is 13.6. The van der Waals surface area contributed by atoms with Gasteiger partial charge in [-0.05, 0) is 60.7 Å². The number of allylic oxidation sites excluding steroid dienone is 2. The number of ether oxygens (including phenoxy) is 1. The largest absolute Gasteiger partial charge is 0.422 e. The van der Waals surface area contributed by atoms with E-state index < -0.39 is 47.9 Å². The smallest absolute Gasteiger partial charge is 0.353 e. The SMILES string of the molecule is O=C(CN(C(=O)c1ccccc1Cl)N1C(=O)[C@@H]2CC=CC[C@H]2C1=O)c1ccc(OC(=O)c2cccs2)cc1. The highest BCUT2D eigenvalue weighted by atomic mass is 35.5. The minimum absolute atomic E-state index is 0.0615. The van der Waals surface area contributed by atoms with E-state index in [4.69, 9.17) is 16.3 Å². The van der Waals surface area contributed by atoms with Crippen molar-refractivity contribution in [1.82, 2.24) is 10.0 Å². The van der Waals surface area contributed by atoms with Crippen molar-refractivity contribution in [2.75, 3.05) is 6.54 Å². The molecule has 8 nitrogen and oxygen atoms in total. The fraction of sp³-hybridized carbons (Fsp3) is 0.179. The first-order valence-corrected chi connectivity index (χ1v) is 13.1. The van der Waals surface area contributed by atoms with E-state index in [0.29, 0.717) is 17.7 Å². The summed E-state index contributed by atoms with van der Waals surface area (Å²) in [6, 6.07) is 15.4. The van der Waals surface area contributed by atoms with Gasteiger partial charge in [0.1, 0.15) is 17.2 Å². The monoisotopic (exact) mass is 548 g/mol. The Morgan fingerprint density at radius 1 is 0.921 bits per heavy atom. The summed E-state index contributed by atoms with van der Waals surface area (Å²) in [5.74, 6) is -3.73. The Morgan fingerprint density at radius 2 is 1.58 bits per heavy atom. The second kappa shape index (κ2) is 10.7. The van der Waals surface area contributed by atoms with Crippen molar-refractivity contribution in [2.45, 2.75) is 12.8 Å². The van der Waals surface area contributed by atoms with E-state index in [1.807, 2.05) is 12.2 Å². The number of Topliss-reactive ketones (excluding diaryl/α,β-unsaturated/α-hetero) is 1. The lowest BCUT2D eigenvalue weighted by molar-refractivity contribution is -0.154. The minimum atomic E-state index is -0.737. The van der Waals surface area contributed by atoms with E-state index in [1.54, 1.807) is 29.6 Å². The van der Waals surface area contributed by atoms with Crippen LogP contribution in [0.3, 0.4) is 0 Å². The van der Waals surface area contributed by atoms with Crippen LogP contribution in [0, 0.1) is 11.8 Å². The summed E-state index contributed by atoms with van der Waals surface area (Å²) in [5.41, 5.74) is 0.266. The number of fused-ring (bicyclic) bond motifs is 1. The van der Waals surface area contributed by atoms with Crippen molar-refractivity contribution >= 4 is 52.4 Å². The molecule has 5 rings (SSSR count). The molecule has 1 saturated heterocycles. The quantitative estimate of drug-likeness (QED) is 0.138. The normalized spacial score (nSPS) is 18.3. The molecule has 192 valence electrons. The molecule has 3 aromatic rings. The van der Waals surface area contributed by atoms with E-state index >= 15 is 0 Å². The van der Waals surface area contributed by atoms with Crippen molar-refractivity contribution in [2.24, 2.45) is 11.8 Å². The number of hydrogen-bond donors (Lipinski definition) is 0. The zero-order chi connectivity index (χ0) is 26.8. The molecule has 0 bridgehead atoms. The van der Waals surface area contributed by atoms with Gasteiger partial charge in [0.05, 0.1) is 22.4 Å². The molecular formula is C28H21ClN2O6S. The summed E-state index contributed by atoms with van der Waals surface area (Å²) >= 11 is 7.49. The average Bonchev–Trinajstić information content (AvgIpc) is 3.55. The van der Waals surface area contributed by atoms with Gasteiger partial charge in [-0.3, -0.25) is 19.2 Å². The van der Waals surface area contributed by atoms with E-state index in [2.05, 4.69) is 0 Å². The van der Waals surface area contributed by atoms with Crippen LogP contribution in [0.15, 0.2) is 78.2 Å². The summed E-state index contributed by atoms with van der Waals surface area (Å²) in [6.45, 7) is -0.567. The van der Waals surface area contributed by atoms with Gasteiger partial charge in [0.25, 0.3) is 17.7 Å². The van der Waals surface area contributed by atoms with Gasteiger partial charge in [-0.15, -0.1) is 11.3 Å². The highest BCUT2D eigenvalue weighted by molar-refractivity contribution is 7.12. The van der Waals surface area contributed by atoms with Gasteiger partial charge in [-0.1, -0.05) is 42.0 Å². The van der Waals surface area contributed by atoms with Crippen LogP contribution in [-0.4, -0.2) is 46.0 Å². The Hall–Kier alpha value is -4.08. The molecule has 0 unspecified atom stereocenters. The minimum Gasteiger partial charge on any atom is -0.422 e. The molecule has 0 radical (unpaired) electrons. The van der Waals surface area contributed by atoms with E-state index in [9.17, 15) is 24.0 Å². The van der Waals surface area contributed by atoms with E-state index in [0.717, 1.165) is 10.0 Å². The Bertz CT molecular complexity index is 1420. The third-order valence-corrected chi connectivity index (χ3v) is 7.65. The molecule has 10 heteroatoms. The number of esters is 1. The molecule has 38 heavy (non-hydrogen) atoms. The summed E-state index contributed by atoms with van der Waals surface area (Å²) < 4.78 is 5.32. The van der Waals surface area contributed by atoms with Crippen LogP contribution in [0.4, 0.5) is 0 Å². The van der Waals surface area contributed by atoms with Gasteiger partial charge in [0.2, 0.25) is 0 Å². The van der Waals surface area contributed by atoms with Gasteiger partial charge in [-0.25, -0.2) is 9.80 Å². The number of benzene rings is 2. The van der Waals surface area contributed by atoms with Crippen LogP contribution in [0.2, 0.25) is 5.02 Å². The molecule has 3 amide bonds. The van der Waals surface area contributed by atoms with E-state index in [1.165, 1.54) is 47.7 Å². The molecular weight excluding hydrogens is 528 g/mol. The van der Waals surface area contributed by atoms with E-state index in [-0.39, 0.29) is 21.9 Å². The fourth-order valence-electron chi connectivity index (χ4n) is 4.52. The van der Waals surface area contributed by atoms with Gasteiger partial charge in [0.15, 0.2) is 5.78 Å². The van der Waals surface area contributed by atoms with Crippen LogP contribution in [0.5, 0.6) is 5.75 Å². The lowest BCUT2D eigenvalue weighted by Crippen LogP contribution is -2.52. The van der Waals surface area contributed by atoms with Crippen molar-refractivity contribution in [1.29, 1.82) is 0 Å². The first kappa shape index (κ1) is 25.6. The summed E-state index contributed by atoms with van der Waals surface area (Å²) in [6.07, 6.45) is 4.46. The third kappa shape index (κ3) is 4.90. The number of thiophene rings is 1. The molecule has 2 heterocycles. The maximum Gasteiger partial charge on any atom is 0.353 e. The number of nitrogens with zero attached hydrogens (tertiary/aromatic N) is 2.